The second kappa shape index (κ2) is 4.11. The summed E-state index contributed by atoms with van der Waals surface area (Å²) in [5, 5.41) is 0. The van der Waals surface area contributed by atoms with Crippen molar-refractivity contribution in [2.45, 2.75) is 0 Å². The molecule has 0 aromatic carbocycles. The van der Waals surface area contributed by atoms with Gasteiger partial charge in [-0.05, 0) is 0 Å². The number of rotatable bonds is 0. The molecule has 0 amide bonds. The van der Waals surface area contributed by atoms with Gasteiger partial charge < -0.3 is 0 Å². The van der Waals surface area contributed by atoms with Gasteiger partial charge in [0.2, 0.25) is 0 Å². The van der Waals surface area contributed by atoms with E-state index in [-0.39, 0.29) is 13.2 Å². The molecule has 0 bridgehead atoms. The maximum absolute atomic E-state index is 9.99. The van der Waals surface area contributed by atoms with Crippen LogP contribution in [0, 0.1) is 0 Å². The first-order valence-corrected chi connectivity index (χ1v) is 5.17. The van der Waals surface area contributed by atoms with Crippen molar-refractivity contribution in [3.63, 3.8) is 0 Å². The van der Waals surface area contributed by atoms with Crippen molar-refractivity contribution in [2.75, 3.05) is 13.2 Å². The third kappa shape index (κ3) is 9.74. The number of hydrogen-bond donors (Lipinski definition) is 2. The van der Waals surface area contributed by atoms with E-state index in [0.29, 0.717) is 0 Å². The summed E-state index contributed by atoms with van der Waals surface area (Å²) in [4.78, 5) is 0. The van der Waals surface area contributed by atoms with Gasteiger partial charge >= 0.3 is 20.8 Å². The molecule has 0 aromatic heterocycles. The fourth-order valence-electron chi connectivity index (χ4n) is 0.306. The van der Waals surface area contributed by atoms with E-state index in [1.807, 2.05) is 0 Å². The molecule has 1 fully saturated rings. The van der Waals surface area contributed by atoms with Gasteiger partial charge in [0.15, 0.2) is 0 Å². The smallest absolute Gasteiger partial charge is 0.264 e. The van der Waals surface area contributed by atoms with E-state index >= 15 is 0 Å². The fourth-order valence-corrected chi connectivity index (χ4v) is 0.919. The van der Waals surface area contributed by atoms with Crippen LogP contribution in [-0.4, -0.2) is 39.2 Å². The summed E-state index contributed by atoms with van der Waals surface area (Å²) in [5.41, 5.74) is 0. The molecule has 12 heavy (non-hydrogen) atoms. The van der Waals surface area contributed by atoms with E-state index in [1.165, 1.54) is 0 Å². The molecule has 0 aliphatic carbocycles. The van der Waals surface area contributed by atoms with Crippen molar-refractivity contribution in [1.29, 1.82) is 0 Å². The zero-order valence-corrected chi connectivity index (χ0v) is 7.21. The molecule has 1 rings (SSSR count). The van der Waals surface area contributed by atoms with Gasteiger partial charge in [0, 0.05) is 0 Å². The van der Waals surface area contributed by atoms with Crippen LogP contribution >= 0.6 is 0 Å². The maximum atomic E-state index is 9.99. The highest BCUT2D eigenvalue weighted by atomic mass is 32.3. The molecule has 8 nitrogen and oxygen atoms in total. The van der Waals surface area contributed by atoms with Crippen LogP contribution in [0.15, 0.2) is 0 Å². The minimum atomic E-state index is -4.67. The van der Waals surface area contributed by atoms with Crippen molar-refractivity contribution in [2.24, 2.45) is 0 Å². The minimum Gasteiger partial charge on any atom is -0.264 e. The van der Waals surface area contributed by atoms with Gasteiger partial charge in [-0.2, -0.15) is 16.8 Å². The van der Waals surface area contributed by atoms with E-state index in [4.69, 9.17) is 17.5 Å². The normalized spacial score (nSPS) is 21.2. The minimum absolute atomic E-state index is 0.155. The molecular weight excluding hydrogens is 216 g/mol. The lowest BCUT2D eigenvalue weighted by Crippen LogP contribution is -1.94. The van der Waals surface area contributed by atoms with Crippen molar-refractivity contribution >= 4 is 20.8 Å². The third-order valence-electron chi connectivity index (χ3n) is 0.539. The maximum Gasteiger partial charge on any atom is 0.400 e. The predicted molar refractivity (Wildman–Crippen MR) is 35.0 cm³/mol. The summed E-state index contributed by atoms with van der Waals surface area (Å²) >= 11 is 0. The van der Waals surface area contributed by atoms with Gasteiger partial charge in [0.25, 0.3) is 0 Å². The van der Waals surface area contributed by atoms with Gasteiger partial charge in [-0.1, -0.05) is 0 Å². The van der Waals surface area contributed by atoms with Crippen LogP contribution in [-0.2, 0) is 29.2 Å². The summed E-state index contributed by atoms with van der Waals surface area (Å²) < 4.78 is 59.7. The zero-order chi connectivity index (χ0) is 9.83. The molecule has 1 aliphatic rings. The topological polar surface area (TPSA) is 127 Å². The van der Waals surface area contributed by atoms with E-state index in [9.17, 15) is 8.42 Å². The molecule has 0 radical (unpaired) electrons. The van der Waals surface area contributed by atoms with Crippen LogP contribution in [0.4, 0.5) is 0 Å². The van der Waals surface area contributed by atoms with Crippen molar-refractivity contribution < 1.29 is 34.3 Å². The Balaban J connectivity index is 0.000000217. The number of hydrogen-bond acceptors (Lipinski definition) is 6. The fraction of sp³-hybridized carbons (Fsp3) is 1.00. The van der Waals surface area contributed by atoms with Crippen molar-refractivity contribution in [3.8, 4) is 0 Å². The SMILES string of the molecule is O=S(=O)(O)O.O=S1(=O)OCCO1. The molecule has 1 aliphatic heterocycles. The summed E-state index contributed by atoms with van der Waals surface area (Å²) in [6.45, 7) is 0.310. The molecule has 1 saturated heterocycles. The van der Waals surface area contributed by atoms with Crippen molar-refractivity contribution in [1.82, 2.24) is 0 Å². The Morgan fingerprint density at radius 2 is 1.33 bits per heavy atom. The van der Waals surface area contributed by atoms with E-state index in [2.05, 4.69) is 8.37 Å². The zero-order valence-electron chi connectivity index (χ0n) is 5.57. The highest BCUT2D eigenvalue weighted by Crippen LogP contribution is 2.02. The lowest BCUT2D eigenvalue weighted by Gasteiger charge is -1.82. The predicted octanol–water partition coefficient (Wildman–Crippen LogP) is -1.37. The van der Waals surface area contributed by atoms with E-state index in [1.54, 1.807) is 0 Å². The monoisotopic (exact) mass is 222 g/mol. The van der Waals surface area contributed by atoms with Crippen LogP contribution < -0.4 is 0 Å². The van der Waals surface area contributed by atoms with Crippen LogP contribution in [0.1, 0.15) is 0 Å². The molecule has 0 aromatic rings. The Bertz CT molecular complexity index is 289. The molecule has 0 spiro atoms. The molecule has 74 valence electrons. The van der Waals surface area contributed by atoms with Crippen molar-refractivity contribution in [3.05, 3.63) is 0 Å². The van der Waals surface area contributed by atoms with Gasteiger partial charge in [-0.3, -0.25) is 9.11 Å². The Kier molecular flexibility index (Phi) is 4.02. The molecule has 1 heterocycles. The van der Waals surface area contributed by atoms with Crippen LogP contribution in [0.5, 0.6) is 0 Å². The standard InChI is InChI=1S/C2H4O4S.H2O4S/c3-7(4)5-1-2-6-7;1-5(2,3)4/h1-2H2;(H2,1,2,3,4). The highest BCUT2D eigenvalue weighted by Gasteiger charge is 2.17. The summed E-state index contributed by atoms with van der Waals surface area (Å²) in [7, 11) is -8.21. The van der Waals surface area contributed by atoms with E-state index in [0.717, 1.165) is 0 Å². The highest BCUT2D eigenvalue weighted by molar-refractivity contribution is 7.82. The largest absolute Gasteiger partial charge is 0.400 e. The molecule has 0 atom stereocenters. The Labute approximate surface area is 69.0 Å². The summed E-state index contributed by atoms with van der Waals surface area (Å²) in [6, 6.07) is 0. The average molecular weight is 222 g/mol. The quantitative estimate of drug-likeness (QED) is 0.480. The second-order valence-corrected chi connectivity index (χ2v) is 3.68. The summed E-state index contributed by atoms with van der Waals surface area (Å²) in [5.74, 6) is 0. The summed E-state index contributed by atoms with van der Waals surface area (Å²) in [6.07, 6.45) is 0. The molecule has 0 unspecified atom stereocenters. The Morgan fingerprint density at radius 3 is 1.42 bits per heavy atom. The molecule has 10 heteroatoms. The Hall–Kier alpha value is -0.260. The second-order valence-electron chi connectivity index (χ2n) is 1.50. The third-order valence-corrected chi connectivity index (χ3v) is 1.45. The lowest BCUT2D eigenvalue weighted by atomic mass is 10.8. The van der Waals surface area contributed by atoms with Gasteiger partial charge in [-0.15, -0.1) is 0 Å². The molecule has 2 N–H and O–H groups in total. The average Bonchev–Trinajstić information content (AvgIpc) is 2.08. The van der Waals surface area contributed by atoms with Gasteiger partial charge in [-0.25, -0.2) is 8.37 Å². The van der Waals surface area contributed by atoms with Crippen LogP contribution in [0.25, 0.3) is 0 Å². The first-order valence-electron chi connectivity index (χ1n) is 2.44. The van der Waals surface area contributed by atoms with Crippen LogP contribution in [0.3, 0.4) is 0 Å². The first kappa shape index (κ1) is 11.7. The first-order chi connectivity index (χ1) is 5.21. The van der Waals surface area contributed by atoms with E-state index < -0.39 is 20.8 Å². The van der Waals surface area contributed by atoms with Crippen LogP contribution in [0.2, 0.25) is 0 Å². The molecular formula is C2H6O8S2. The lowest BCUT2D eigenvalue weighted by molar-refractivity contribution is 0.360. The molecule has 0 saturated carbocycles. The Morgan fingerprint density at radius 1 is 1.08 bits per heavy atom. The van der Waals surface area contributed by atoms with Gasteiger partial charge in [0.05, 0.1) is 13.2 Å². The van der Waals surface area contributed by atoms with Gasteiger partial charge in [0.1, 0.15) is 0 Å².